The standard InChI is InChI=1S/C18H32N4O2S/c1-3-19-18(20-8-11-24-13-12-23-2)21-15-16(17-7-6-14-25-17)22-9-4-5-10-22/h6-7,14,16H,3-5,8-13,15H2,1-2H3,(H2,19,20,21). The van der Waals surface area contributed by atoms with E-state index in [1.165, 1.54) is 30.8 Å². The third kappa shape index (κ3) is 7.32. The molecule has 1 aliphatic heterocycles. The van der Waals surface area contributed by atoms with E-state index >= 15 is 0 Å². The van der Waals surface area contributed by atoms with Gasteiger partial charge >= 0.3 is 0 Å². The zero-order chi connectivity index (χ0) is 17.7. The van der Waals surface area contributed by atoms with E-state index in [-0.39, 0.29) is 0 Å². The van der Waals surface area contributed by atoms with Crippen molar-refractivity contribution in [1.29, 1.82) is 0 Å². The van der Waals surface area contributed by atoms with Crippen LogP contribution in [0.2, 0.25) is 0 Å². The number of rotatable bonds is 11. The largest absolute Gasteiger partial charge is 0.382 e. The molecule has 1 aliphatic rings. The zero-order valence-corrected chi connectivity index (χ0v) is 16.3. The van der Waals surface area contributed by atoms with Gasteiger partial charge in [0.1, 0.15) is 0 Å². The molecule has 142 valence electrons. The minimum Gasteiger partial charge on any atom is -0.382 e. The fraction of sp³-hybridized carbons (Fsp3) is 0.722. The lowest BCUT2D eigenvalue weighted by Gasteiger charge is -2.25. The molecule has 1 aromatic heterocycles. The number of thiophene rings is 1. The summed E-state index contributed by atoms with van der Waals surface area (Å²) in [4.78, 5) is 8.80. The molecule has 0 bridgehead atoms. The van der Waals surface area contributed by atoms with Gasteiger partial charge in [0.05, 0.1) is 32.4 Å². The number of ether oxygens (including phenoxy) is 2. The fourth-order valence-electron chi connectivity index (χ4n) is 2.92. The van der Waals surface area contributed by atoms with Crippen molar-refractivity contribution in [3.05, 3.63) is 22.4 Å². The normalized spacial score (nSPS) is 17.0. The number of guanidine groups is 1. The molecule has 0 radical (unpaired) electrons. The Morgan fingerprint density at radius 2 is 2.12 bits per heavy atom. The molecule has 2 rings (SSSR count). The second kappa shape index (κ2) is 12.2. The highest BCUT2D eigenvalue weighted by atomic mass is 32.1. The van der Waals surface area contributed by atoms with E-state index in [1.54, 1.807) is 7.11 Å². The number of nitrogens with zero attached hydrogens (tertiary/aromatic N) is 2. The Labute approximate surface area is 155 Å². The summed E-state index contributed by atoms with van der Waals surface area (Å²) in [5.41, 5.74) is 0. The summed E-state index contributed by atoms with van der Waals surface area (Å²) in [6.45, 7) is 8.71. The van der Waals surface area contributed by atoms with Gasteiger partial charge in [-0.3, -0.25) is 9.89 Å². The van der Waals surface area contributed by atoms with Gasteiger partial charge in [-0.25, -0.2) is 0 Å². The topological polar surface area (TPSA) is 58.1 Å². The van der Waals surface area contributed by atoms with Gasteiger partial charge < -0.3 is 20.1 Å². The maximum atomic E-state index is 5.49. The van der Waals surface area contributed by atoms with Crippen molar-refractivity contribution >= 4 is 17.3 Å². The minimum atomic E-state index is 0.385. The summed E-state index contributed by atoms with van der Waals surface area (Å²) in [6.07, 6.45) is 2.59. The summed E-state index contributed by atoms with van der Waals surface area (Å²) in [7, 11) is 1.68. The lowest BCUT2D eigenvalue weighted by atomic mass is 10.2. The Kier molecular flexibility index (Phi) is 9.88. The molecule has 1 saturated heterocycles. The molecule has 2 N–H and O–H groups in total. The Hall–Kier alpha value is -1.15. The maximum Gasteiger partial charge on any atom is 0.191 e. The highest BCUT2D eigenvalue weighted by Crippen LogP contribution is 2.28. The van der Waals surface area contributed by atoms with Crippen molar-refractivity contribution in [3.63, 3.8) is 0 Å². The smallest absolute Gasteiger partial charge is 0.191 e. The van der Waals surface area contributed by atoms with Gasteiger partial charge in [-0.1, -0.05) is 6.07 Å². The van der Waals surface area contributed by atoms with Crippen molar-refractivity contribution in [2.75, 3.05) is 59.7 Å². The van der Waals surface area contributed by atoms with E-state index in [9.17, 15) is 0 Å². The number of methoxy groups -OCH3 is 1. The van der Waals surface area contributed by atoms with Crippen LogP contribution < -0.4 is 10.6 Å². The van der Waals surface area contributed by atoms with Gasteiger partial charge in [-0.05, 0) is 44.3 Å². The second-order valence-electron chi connectivity index (χ2n) is 6.03. The summed E-state index contributed by atoms with van der Waals surface area (Å²) in [5, 5.41) is 8.82. The van der Waals surface area contributed by atoms with E-state index in [0.717, 1.165) is 25.6 Å². The molecule has 0 aliphatic carbocycles. The molecule has 1 atom stereocenters. The van der Waals surface area contributed by atoms with Crippen molar-refractivity contribution in [1.82, 2.24) is 15.5 Å². The number of hydrogen-bond donors (Lipinski definition) is 2. The molecule has 1 unspecified atom stereocenters. The number of likely N-dealkylation sites (tertiary alicyclic amines) is 1. The molecule has 1 aromatic rings. The van der Waals surface area contributed by atoms with Crippen LogP contribution in [-0.4, -0.2) is 70.5 Å². The van der Waals surface area contributed by atoms with Crippen LogP contribution in [0.3, 0.4) is 0 Å². The molecule has 1 fully saturated rings. The third-order valence-corrected chi connectivity index (χ3v) is 5.16. The number of aliphatic imine (C=N–C) groups is 1. The molecule has 25 heavy (non-hydrogen) atoms. The van der Waals surface area contributed by atoms with Crippen LogP contribution in [0.4, 0.5) is 0 Å². The third-order valence-electron chi connectivity index (χ3n) is 4.19. The highest BCUT2D eigenvalue weighted by molar-refractivity contribution is 7.10. The summed E-state index contributed by atoms with van der Waals surface area (Å²) < 4.78 is 10.5. The SMILES string of the molecule is CCNC(=NCC(c1cccs1)N1CCCC1)NCCOCCOC. The maximum absolute atomic E-state index is 5.49. The predicted molar refractivity (Wildman–Crippen MR) is 105 cm³/mol. The quantitative estimate of drug-likeness (QED) is 0.356. The lowest BCUT2D eigenvalue weighted by Crippen LogP contribution is -2.40. The Bertz CT molecular complexity index is 475. The van der Waals surface area contributed by atoms with Crippen molar-refractivity contribution in [3.8, 4) is 0 Å². The predicted octanol–water partition coefficient (Wildman–Crippen LogP) is 2.10. The molecule has 2 heterocycles. The van der Waals surface area contributed by atoms with Crippen LogP contribution in [0.25, 0.3) is 0 Å². The first-order chi connectivity index (χ1) is 12.3. The highest BCUT2D eigenvalue weighted by Gasteiger charge is 2.24. The molecule has 7 heteroatoms. The molecule has 0 saturated carbocycles. The summed E-state index contributed by atoms with van der Waals surface area (Å²) >= 11 is 1.83. The first-order valence-corrected chi connectivity index (χ1v) is 10.1. The number of nitrogens with one attached hydrogen (secondary N) is 2. The van der Waals surface area contributed by atoms with Crippen LogP contribution in [0, 0.1) is 0 Å². The van der Waals surface area contributed by atoms with E-state index in [1.807, 2.05) is 11.3 Å². The summed E-state index contributed by atoms with van der Waals surface area (Å²) in [6, 6.07) is 4.75. The molecule has 6 nitrogen and oxygen atoms in total. The molecular formula is C18H32N4O2S. The second-order valence-corrected chi connectivity index (χ2v) is 7.01. The van der Waals surface area contributed by atoms with Crippen LogP contribution in [0.1, 0.15) is 30.7 Å². The summed E-state index contributed by atoms with van der Waals surface area (Å²) in [5.74, 6) is 0.860. The molecule has 0 spiro atoms. The van der Waals surface area contributed by atoms with Gasteiger partial charge in [0.2, 0.25) is 0 Å². The van der Waals surface area contributed by atoms with Gasteiger partial charge in [-0.15, -0.1) is 11.3 Å². The van der Waals surface area contributed by atoms with E-state index < -0.39 is 0 Å². The Balaban J connectivity index is 1.85. The minimum absolute atomic E-state index is 0.385. The lowest BCUT2D eigenvalue weighted by molar-refractivity contribution is 0.0733. The Morgan fingerprint density at radius 1 is 1.28 bits per heavy atom. The van der Waals surface area contributed by atoms with Gasteiger partial charge in [0.15, 0.2) is 5.96 Å². The van der Waals surface area contributed by atoms with Crippen LogP contribution >= 0.6 is 11.3 Å². The average Bonchev–Trinajstić information content (AvgIpc) is 3.32. The van der Waals surface area contributed by atoms with E-state index in [4.69, 9.17) is 14.5 Å². The van der Waals surface area contributed by atoms with Crippen molar-refractivity contribution in [2.24, 2.45) is 4.99 Å². The van der Waals surface area contributed by atoms with Crippen LogP contribution in [0.5, 0.6) is 0 Å². The van der Waals surface area contributed by atoms with Gasteiger partial charge in [0, 0.05) is 25.1 Å². The molecule has 0 amide bonds. The van der Waals surface area contributed by atoms with Crippen LogP contribution in [0.15, 0.2) is 22.5 Å². The van der Waals surface area contributed by atoms with Crippen LogP contribution in [-0.2, 0) is 9.47 Å². The van der Waals surface area contributed by atoms with Crippen molar-refractivity contribution < 1.29 is 9.47 Å². The van der Waals surface area contributed by atoms with Gasteiger partial charge in [0.25, 0.3) is 0 Å². The first-order valence-electron chi connectivity index (χ1n) is 9.21. The monoisotopic (exact) mass is 368 g/mol. The fourth-order valence-corrected chi connectivity index (χ4v) is 3.78. The Morgan fingerprint density at radius 3 is 2.80 bits per heavy atom. The van der Waals surface area contributed by atoms with Gasteiger partial charge in [-0.2, -0.15) is 0 Å². The molecular weight excluding hydrogens is 336 g/mol. The van der Waals surface area contributed by atoms with E-state index in [0.29, 0.717) is 25.9 Å². The molecule has 0 aromatic carbocycles. The average molecular weight is 369 g/mol. The van der Waals surface area contributed by atoms with E-state index in [2.05, 4.69) is 40.0 Å². The number of hydrogen-bond acceptors (Lipinski definition) is 5. The first kappa shape index (κ1) is 20.2. The zero-order valence-electron chi connectivity index (χ0n) is 15.5. The van der Waals surface area contributed by atoms with Crippen molar-refractivity contribution in [2.45, 2.75) is 25.8 Å².